The minimum atomic E-state index is -0.761. The van der Waals surface area contributed by atoms with Gasteiger partial charge >= 0.3 is 5.97 Å². The average molecular weight is 294 g/mol. The van der Waals surface area contributed by atoms with Gasteiger partial charge in [-0.2, -0.15) is 0 Å². The van der Waals surface area contributed by atoms with Gasteiger partial charge in [0, 0.05) is 11.4 Å². The molecule has 2 rings (SSSR count). The molecular weight excluding hydrogens is 278 g/mol. The van der Waals surface area contributed by atoms with Crippen molar-refractivity contribution in [3.05, 3.63) is 40.7 Å². The second-order valence-corrected chi connectivity index (χ2v) is 5.05. The Balaban J connectivity index is 2.02. The van der Waals surface area contributed by atoms with Gasteiger partial charge in [-0.3, -0.25) is 4.79 Å². The summed E-state index contributed by atoms with van der Waals surface area (Å²) < 4.78 is 1.70. The number of aromatic nitrogens is 3. The van der Waals surface area contributed by atoms with Crippen LogP contribution in [0.15, 0.2) is 24.4 Å². The number of unbranched alkanes of at least 4 members (excludes halogenated alkanes) is 1. The molecule has 106 valence electrons. The highest BCUT2D eigenvalue weighted by Gasteiger charge is 2.07. The number of halogens is 1. The summed E-state index contributed by atoms with van der Waals surface area (Å²) in [6.07, 6.45) is 4.23. The van der Waals surface area contributed by atoms with Crippen molar-refractivity contribution in [3.63, 3.8) is 0 Å². The molecule has 1 heterocycles. The summed E-state index contributed by atoms with van der Waals surface area (Å²) in [6, 6.07) is 5.65. The Labute approximate surface area is 122 Å². The molecule has 0 aliphatic carbocycles. The third-order valence-electron chi connectivity index (χ3n) is 3.10. The lowest BCUT2D eigenvalue weighted by atomic mass is 10.1. The summed E-state index contributed by atoms with van der Waals surface area (Å²) in [6.45, 7) is 1.94. The second-order valence-electron chi connectivity index (χ2n) is 4.64. The van der Waals surface area contributed by atoms with Gasteiger partial charge in [-0.25, -0.2) is 4.68 Å². The molecule has 0 atom stereocenters. The van der Waals surface area contributed by atoms with Crippen molar-refractivity contribution in [2.75, 3.05) is 0 Å². The van der Waals surface area contributed by atoms with E-state index >= 15 is 0 Å². The van der Waals surface area contributed by atoms with Crippen molar-refractivity contribution in [2.45, 2.75) is 32.6 Å². The molecule has 0 spiro atoms. The lowest BCUT2D eigenvalue weighted by molar-refractivity contribution is -0.137. The molecule has 0 aliphatic heterocycles. The highest BCUT2D eigenvalue weighted by molar-refractivity contribution is 6.31. The number of carboxylic acid groups (broad SMARTS) is 1. The highest BCUT2D eigenvalue weighted by atomic mass is 35.5. The van der Waals surface area contributed by atoms with Crippen LogP contribution in [0.25, 0.3) is 5.69 Å². The quantitative estimate of drug-likeness (QED) is 0.831. The fraction of sp³-hybridized carbons (Fsp3) is 0.357. The zero-order chi connectivity index (χ0) is 14.5. The van der Waals surface area contributed by atoms with E-state index in [4.69, 9.17) is 16.7 Å². The van der Waals surface area contributed by atoms with Gasteiger partial charge in [-0.15, -0.1) is 5.10 Å². The Morgan fingerprint density at radius 3 is 2.95 bits per heavy atom. The maximum Gasteiger partial charge on any atom is 0.303 e. The first-order valence-corrected chi connectivity index (χ1v) is 6.84. The fourth-order valence-corrected chi connectivity index (χ4v) is 2.13. The largest absolute Gasteiger partial charge is 0.481 e. The van der Waals surface area contributed by atoms with Crippen LogP contribution in [0.1, 0.15) is 30.5 Å². The molecule has 0 saturated carbocycles. The molecule has 20 heavy (non-hydrogen) atoms. The number of aryl methyl sites for hydroxylation is 1. The number of hydrogen-bond donors (Lipinski definition) is 1. The molecule has 1 aromatic heterocycles. The third kappa shape index (κ3) is 3.57. The Hall–Kier alpha value is -1.88. The zero-order valence-electron chi connectivity index (χ0n) is 11.2. The molecular formula is C14H16ClN3O2. The van der Waals surface area contributed by atoms with E-state index in [-0.39, 0.29) is 6.42 Å². The molecule has 0 aliphatic rings. The molecule has 1 aromatic carbocycles. The molecule has 2 aromatic rings. The van der Waals surface area contributed by atoms with Gasteiger partial charge < -0.3 is 5.11 Å². The Morgan fingerprint density at radius 1 is 1.40 bits per heavy atom. The van der Waals surface area contributed by atoms with E-state index in [0.717, 1.165) is 29.8 Å². The standard InChI is InChI=1S/C14H16ClN3O2/c1-10-12(15)6-4-7-13(10)18-9-11(16-17-18)5-2-3-8-14(19)20/h4,6-7,9H,2-3,5,8H2,1H3,(H,19,20). The number of aliphatic carboxylic acids is 1. The van der Waals surface area contributed by atoms with Crippen LogP contribution in [0.2, 0.25) is 5.02 Å². The first kappa shape index (κ1) is 14.5. The number of rotatable bonds is 6. The van der Waals surface area contributed by atoms with E-state index in [0.29, 0.717) is 11.4 Å². The van der Waals surface area contributed by atoms with Crippen LogP contribution < -0.4 is 0 Å². The number of carbonyl (C=O) groups is 1. The second kappa shape index (κ2) is 6.52. The van der Waals surface area contributed by atoms with Crippen molar-refractivity contribution in [1.29, 1.82) is 0 Å². The maximum atomic E-state index is 10.4. The molecule has 0 radical (unpaired) electrons. The smallest absolute Gasteiger partial charge is 0.303 e. The van der Waals surface area contributed by atoms with Gasteiger partial charge in [0.1, 0.15) is 0 Å². The summed E-state index contributed by atoms with van der Waals surface area (Å²) in [4.78, 5) is 10.4. The van der Waals surface area contributed by atoms with Crippen molar-refractivity contribution >= 4 is 17.6 Å². The van der Waals surface area contributed by atoms with Crippen LogP contribution in [0.3, 0.4) is 0 Å². The normalized spacial score (nSPS) is 10.7. The van der Waals surface area contributed by atoms with Crippen molar-refractivity contribution < 1.29 is 9.90 Å². The van der Waals surface area contributed by atoms with Gasteiger partial charge in [0.15, 0.2) is 0 Å². The highest BCUT2D eigenvalue weighted by Crippen LogP contribution is 2.21. The molecule has 0 amide bonds. The third-order valence-corrected chi connectivity index (χ3v) is 3.51. The first-order chi connectivity index (χ1) is 9.58. The number of hydrogen-bond acceptors (Lipinski definition) is 3. The van der Waals surface area contributed by atoms with Gasteiger partial charge in [0.25, 0.3) is 0 Å². The average Bonchev–Trinajstić information content (AvgIpc) is 2.86. The monoisotopic (exact) mass is 293 g/mol. The summed E-state index contributed by atoms with van der Waals surface area (Å²) in [5, 5.41) is 17.5. The number of carboxylic acids is 1. The topological polar surface area (TPSA) is 68.0 Å². The lowest BCUT2D eigenvalue weighted by Gasteiger charge is -2.05. The predicted octanol–water partition coefficient (Wildman–Crippen LogP) is 3.03. The van der Waals surface area contributed by atoms with Gasteiger partial charge in [0.2, 0.25) is 0 Å². The molecule has 0 saturated heterocycles. The van der Waals surface area contributed by atoms with E-state index in [1.54, 1.807) is 4.68 Å². The van der Waals surface area contributed by atoms with Gasteiger partial charge in [0.05, 0.1) is 17.6 Å². The van der Waals surface area contributed by atoms with Crippen LogP contribution in [-0.4, -0.2) is 26.1 Å². The minimum Gasteiger partial charge on any atom is -0.481 e. The van der Waals surface area contributed by atoms with Gasteiger partial charge in [-0.1, -0.05) is 22.9 Å². The van der Waals surface area contributed by atoms with Crippen LogP contribution in [-0.2, 0) is 11.2 Å². The van der Waals surface area contributed by atoms with Crippen LogP contribution in [0, 0.1) is 6.92 Å². The van der Waals surface area contributed by atoms with Crippen molar-refractivity contribution in [1.82, 2.24) is 15.0 Å². The van der Waals surface area contributed by atoms with Gasteiger partial charge in [-0.05, 0) is 43.9 Å². The Bertz CT molecular complexity index is 610. The van der Waals surface area contributed by atoms with Crippen LogP contribution >= 0.6 is 11.6 Å². The summed E-state index contributed by atoms with van der Waals surface area (Å²) >= 11 is 6.09. The molecule has 0 unspecified atom stereocenters. The van der Waals surface area contributed by atoms with E-state index in [1.165, 1.54) is 0 Å². The SMILES string of the molecule is Cc1c(Cl)cccc1-n1cc(CCCCC(=O)O)nn1. The first-order valence-electron chi connectivity index (χ1n) is 6.46. The fourth-order valence-electron chi connectivity index (χ4n) is 1.96. The maximum absolute atomic E-state index is 10.4. The summed E-state index contributed by atoms with van der Waals surface area (Å²) in [5.41, 5.74) is 2.72. The van der Waals surface area contributed by atoms with E-state index in [2.05, 4.69) is 10.3 Å². The van der Waals surface area contributed by atoms with E-state index < -0.39 is 5.97 Å². The molecule has 1 N–H and O–H groups in total. The zero-order valence-corrected chi connectivity index (χ0v) is 12.0. The van der Waals surface area contributed by atoms with Crippen molar-refractivity contribution in [3.8, 4) is 5.69 Å². The number of benzene rings is 1. The van der Waals surface area contributed by atoms with E-state index in [9.17, 15) is 4.79 Å². The Morgan fingerprint density at radius 2 is 2.20 bits per heavy atom. The predicted molar refractivity (Wildman–Crippen MR) is 76.3 cm³/mol. The lowest BCUT2D eigenvalue weighted by Crippen LogP contribution is -1.98. The molecule has 0 bridgehead atoms. The molecule has 0 fully saturated rings. The van der Waals surface area contributed by atoms with E-state index in [1.807, 2.05) is 31.3 Å². The molecule has 5 nitrogen and oxygen atoms in total. The Kier molecular flexibility index (Phi) is 4.74. The van der Waals surface area contributed by atoms with Crippen LogP contribution in [0.5, 0.6) is 0 Å². The summed E-state index contributed by atoms with van der Waals surface area (Å²) in [7, 11) is 0. The van der Waals surface area contributed by atoms with Crippen molar-refractivity contribution in [2.24, 2.45) is 0 Å². The number of nitrogens with zero attached hydrogens (tertiary/aromatic N) is 3. The summed E-state index contributed by atoms with van der Waals surface area (Å²) in [5.74, 6) is -0.761. The molecule has 6 heteroatoms. The minimum absolute atomic E-state index is 0.196. The van der Waals surface area contributed by atoms with Crippen LogP contribution in [0.4, 0.5) is 0 Å².